The van der Waals surface area contributed by atoms with Gasteiger partial charge in [0, 0.05) is 13.1 Å². The molecule has 4 heteroatoms. The van der Waals surface area contributed by atoms with E-state index in [-0.39, 0.29) is 11.8 Å². The summed E-state index contributed by atoms with van der Waals surface area (Å²) in [4.78, 5) is 11.1. The van der Waals surface area contributed by atoms with Crippen molar-refractivity contribution in [3.63, 3.8) is 0 Å². The monoisotopic (exact) mass is 156 g/mol. The Balaban J connectivity index is 2.21. The highest BCUT2D eigenvalue weighted by molar-refractivity contribution is 5.82. The quantitative estimate of drug-likeness (QED) is 0.398. The molecule has 1 amide bonds. The second kappa shape index (κ2) is 2.19. The van der Waals surface area contributed by atoms with Crippen molar-refractivity contribution in [1.82, 2.24) is 10.6 Å². The molecule has 0 aromatic carbocycles. The summed E-state index contributed by atoms with van der Waals surface area (Å²) in [6, 6.07) is 0. The number of carbonyl (C=O) groups excluding carboxylic acids is 1. The highest BCUT2D eigenvalue weighted by Crippen LogP contribution is 2.27. The molecule has 0 aliphatic carbocycles. The highest BCUT2D eigenvalue weighted by atomic mass is 16.3. The average molecular weight is 156 g/mol. The van der Waals surface area contributed by atoms with Crippen LogP contribution in [0.3, 0.4) is 0 Å². The molecule has 2 atom stereocenters. The molecule has 62 valence electrons. The van der Waals surface area contributed by atoms with Crippen LogP contribution in [0.4, 0.5) is 0 Å². The first-order valence-corrected chi connectivity index (χ1v) is 3.93. The molecule has 11 heavy (non-hydrogen) atoms. The summed E-state index contributed by atoms with van der Waals surface area (Å²) in [5, 5.41) is 15.6. The van der Waals surface area contributed by atoms with E-state index in [1.165, 1.54) is 0 Å². The van der Waals surface area contributed by atoms with Gasteiger partial charge in [-0.15, -0.1) is 0 Å². The van der Waals surface area contributed by atoms with Gasteiger partial charge in [-0.1, -0.05) is 0 Å². The van der Waals surface area contributed by atoms with Gasteiger partial charge >= 0.3 is 0 Å². The SMILES string of the molecule is O=C1NC[C@@]2(O)CNCC[C@@H]12. The Labute approximate surface area is 65.0 Å². The summed E-state index contributed by atoms with van der Waals surface area (Å²) in [6.07, 6.45) is 0.752. The molecule has 2 aliphatic heterocycles. The van der Waals surface area contributed by atoms with Crippen LogP contribution < -0.4 is 10.6 Å². The van der Waals surface area contributed by atoms with Crippen molar-refractivity contribution in [3.8, 4) is 0 Å². The number of nitrogens with one attached hydrogen (secondary N) is 2. The number of amides is 1. The lowest BCUT2D eigenvalue weighted by molar-refractivity contribution is -0.127. The fraction of sp³-hybridized carbons (Fsp3) is 0.857. The summed E-state index contributed by atoms with van der Waals surface area (Å²) < 4.78 is 0. The molecule has 0 radical (unpaired) electrons. The number of piperidine rings is 1. The lowest BCUT2D eigenvalue weighted by Gasteiger charge is -2.32. The first-order chi connectivity index (χ1) is 5.22. The van der Waals surface area contributed by atoms with Gasteiger partial charge in [-0.3, -0.25) is 4.79 Å². The minimum absolute atomic E-state index is 0.00833. The van der Waals surface area contributed by atoms with E-state index in [2.05, 4.69) is 10.6 Å². The molecule has 2 heterocycles. The first-order valence-electron chi connectivity index (χ1n) is 3.93. The van der Waals surface area contributed by atoms with E-state index in [4.69, 9.17) is 0 Å². The smallest absolute Gasteiger partial charge is 0.226 e. The predicted octanol–water partition coefficient (Wildman–Crippen LogP) is -1.54. The summed E-state index contributed by atoms with van der Waals surface area (Å²) in [5.74, 6) is -0.169. The van der Waals surface area contributed by atoms with Gasteiger partial charge in [0.1, 0.15) is 5.60 Å². The number of carbonyl (C=O) groups is 1. The van der Waals surface area contributed by atoms with Crippen molar-refractivity contribution in [2.45, 2.75) is 12.0 Å². The molecular weight excluding hydrogens is 144 g/mol. The topological polar surface area (TPSA) is 61.4 Å². The lowest BCUT2D eigenvalue weighted by atomic mass is 9.85. The number of β-amino-alcohol motifs (C(OH)–C–C–N with tert-alkyl or cyclic N) is 1. The number of rotatable bonds is 0. The Hall–Kier alpha value is -0.610. The fourth-order valence-electron chi connectivity index (χ4n) is 1.87. The summed E-state index contributed by atoms with van der Waals surface area (Å²) in [7, 11) is 0. The summed E-state index contributed by atoms with van der Waals surface area (Å²) in [6.45, 7) is 1.78. The fourth-order valence-corrected chi connectivity index (χ4v) is 1.87. The minimum Gasteiger partial charge on any atom is -0.386 e. The molecule has 0 unspecified atom stereocenters. The molecule has 2 fully saturated rings. The van der Waals surface area contributed by atoms with Crippen LogP contribution in [0.15, 0.2) is 0 Å². The zero-order valence-electron chi connectivity index (χ0n) is 6.26. The second-order valence-corrected chi connectivity index (χ2v) is 3.34. The van der Waals surface area contributed by atoms with Crippen molar-refractivity contribution in [1.29, 1.82) is 0 Å². The minimum atomic E-state index is -0.810. The Morgan fingerprint density at radius 2 is 2.36 bits per heavy atom. The molecule has 0 aromatic rings. The molecule has 2 saturated heterocycles. The van der Waals surface area contributed by atoms with E-state index < -0.39 is 5.60 Å². The zero-order chi connectivity index (χ0) is 7.90. The molecule has 0 bridgehead atoms. The van der Waals surface area contributed by atoms with Crippen LogP contribution in [-0.4, -0.2) is 36.2 Å². The Bertz CT molecular complexity index is 195. The van der Waals surface area contributed by atoms with Crippen molar-refractivity contribution < 1.29 is 9.90 Å². The van der Waals surface area contributed by atoms with Crippen molar-refractivity contribution >= 4 is 5.91 Å². The second-order valence-electron chi connectivity index (χ2n) is 3.34. The summed E-state index contributed by atoms with van der Waals surface area (Å²) >= 11 is 0. The van der Waals surface area contributed by atoms with Crippen LogP contribution in [0.1, 0.15) is 6.42 Å². The summed E-state index contributed by atoms with van der Waals surface area (Å²) in [5.41, 5.74) is -0.810. The molecule has 4 nitrogen and oxygen atoms in total. The molecule has 2 rings (SSSR count). The van der Waals surface area contributed by atoms with E-state index in [1.54, 1.807) is 0 Å². The van der Waals surface area contributed by atoms with Crippen LogP contribution in [0.5, 0.6) is 0 Å². The van der Waals surface area contributed by atoms with Gasteiger partial charge in [0.25, 0.3) is 0 Å². The Morgan fingerprint density at radius 3 is 3.09 bits per heavy atom. The van der Waals surface area contributed by atoms with Gasteiger partial charge in [0.05, 0.1) is 5.92 Å². The van der Waals surface area contributed by atoms with Crippen LogP contribution in [0.2, 0.25) is 0 Å². The standard InChI is InChI=1S/C7H12N2O2/c10-6-5-1-2-8-3-7(5,11)4-9-6/h5,8,11H,1-4H2,(H,9,10)/t5-,7-/m0/s1. The third-order valence-corrected chi connectivity index (χ3v) is 2.57. The molecule has 0 saturated carbocycles. The van der Waals surface area contributed by atoms with Crippen LogP contribution in [0, 0.1) is 5.92 Å². The van der Waals surface area contributed by atoms with Gasteiger partial charge in [0.2, 0.25) is 5.91 Å². The van der Waals surface area contributed by atoms with Crippen LogP contribution in [-0.2, 0) is 4.79 Å². The van der Waals surface area contributed by atoms with Gasteiger partial charge in [-0.2, -0.15) is 0 Å². The number of hydrogen-bond donors (Lipinski definition) is 3. The van der Waals surface area contributed by atoms with Crippen molar-refractivity contribution in [2.24, 2.45) is 5.92 Å². The lowest BCUT2D eigenvalue weighted by Crippen LogP contribution is -2.52. The largest absolute Gasteiger partial charge is 0.386 e. The number of aliphatic hydroxyl groups is 1. The number of hydrogen-bond acceptors (Lipinski definition) is 3. The maximum Gasteiger partial charge on any atom is 0.226 e. The highest BCUT2D eigenvalue weighted by Gasteiger charge is 2.48. The van der Waals surface area contributed by atoms with E-state index in [9.17, 15) is 9.90 Å². The molecule has 0 aromatic heterocycles. The molecule has 2 aliphatic rings. The van der Waals surface area contributed by atoms with Gasteiger partial charge in [0.15, 0.2) is 0 Å². The predicted molar refractivity (Wildman–Crippen MR) is 38.9 cm³/mol. The van der Waals surface area contributed by atoms with Crippen LogP contribution >= 0.6 is 0 Å². The van der Waals surface area contributed by atoms with Crippen molar-refractivity contribution in [2.75, 3.05) is 19.6 Å². The Morgan fingerprint density at radius 1 is 1.55 bits per heavy atom. The molecule has 0 spiro atoms. The average Bonchev–Trinajstić information content (AvgIpc) is 2.29. The Kier molecular flexibility index (Phi) is 1.40. The van der Waals surface area contributed by atoms with Gasteiger partial charge in [-0.25, -0.2) is 0 Å². The van der Waals surface area contributed by atoms with E-state index in [1.807, 2.05) is 0 Å². The third kappa shape index (κ3) is 0.937. The maximum absolute atomic E-state index is 11.1. The molecule has 3 N–H and O–H groups in total. The van der Waals surface area contributed by atoms with E-state index in [0.717, 1.165) is 13.0 Å². The molecular formula is C7H12N2O2. The van der Waals surface area contributed by atoms with Gasteiger partial charge < -0.3 is 15.7 Å². The normalized spacial score (nSPS) is 43.4. The zero-order valence-corrected chi connectivity index (χ0v) is 6.26. The van der Waals surface area contributed by atoms with Crippen molar-refractivity contribution in [3.05, 3.63) is 0 Å². The first kappa shape index (κ1) is 7.06. The third-order valence-electron chi connectivity index (χ3n) is 2.57. The van der Waals surface area contributed by atoms with Crippen LogP contribution in [0.25, 0.3) is 0 Å². The van der Waals surface area contributed by atoms with E-state index >= 15 is 0 Å². The maximum atomic E-state index is 11.1. The number of fused-ring (bicyclic) bond motifs is 1. The van der Waals surface area contributed by atoms with E-state index in [0.29, 0.717) is 13.1 Å². The van der Waals surface area contributed by atoms with Gasteiger partial charge in [-0.05, 0) is 13.0 Å².